The number of fused-ring (bicyclic) bond motifs is 1. The molecule has 0 spiro atoms. The van der Waals surface area contributed by atoms with Gasteiger partial charge in [0, 0.05) is 17.6 Å². The van der Waals surface area contributed by atoms with Crippen LogP contribution in [-0.2, 0) is 24.1 Å². The summed E-state index contributed by atoms with van der Waals surface area (Å²) in [5.41, 5.74) is 2.24. The number of hydrogen-bond acceptors (Lipinski definition) is 5. The van der Waals surface area contributed by atoms with Crippen molar-refractivity contribution in [2.75, 3.05) is 12.4 Å². The van der Waals surface area contributed by atoms with Gasteiger partial charge in [-0.05, 0) is 43.1 Å². The summed E-state index contributed by atoms with van der Waals surface area (Å²) in [5.74, 6) is -0.0902. The summed E-state index contributed by atoms with van der Waals surface area (Å²) in [7, 11) is 1.38. The maximum atomic E-state index is 12.6. The maximum absolute atomic E-state index is 12.6. The van der Waals surface area contributed by atoms with Crippen LogP contribution >= 0.6 is 11.3 Å². The Labute approximate surface area is 163 Å². The molecule has 1 atom stereocenters. The number of ether oxygens (including phenoxy) is 1. The van der Waals surface area contributed by atoms with Gasteiger partial charge >= 0.3 is 5.97 Å². The monoisotopic (exact) mass is 389 g/mol. The third-order valence-electron chi connectivity index (χ3n) is 5.33. The van der Waals surface area contributed by atoms with Crippen LogP contribution in [-0.4, -0.2) is 28.8 Å². The van der Waals surface area contributed by atoms with Gasteiger partial charge in [-0.15, -0.1) is 11.3 Å². The van der Waals surface area contributed by atoms with E-state index in [1.807, 2.05) is 6.92 Å². The van der Waals surface area contributed by atoms with E-state index in [0.29, 0.717) is 28.6 Å². The molecule has 0 unspecified atom stereocenters. The highest BCUT2D eigenvalue weighted by Gasteiger charge is 2.34. The first-order valence-electron chi connectivity index (χ1n) is 9.31. The molecule has 1 aliphatic rings. The minimum atomic E-state index is -0.388. The molecular formula is C20H27N3O3S. The lowest BCUT2D eigenvalue weighted by Crippen LogP contribution is -2.26. The first-order chi connectivity index (χ1) is 12.7. The summed E-state index contributed by atoms with van der Waals surface area (Å²) in [6.07, 6.45) is 6.04. The Balaban J connectivity index is 1.92. The van der Waals surface area contributed by atoms with Crippen LogP contribution in [0.5, 0.6) is 0 Å². The Kier molecular flexibility index (Phi) is 5.42. The standard InChI is InChI=1S/C20H27N3O3S/c1-6-23-11-12(10-21-23)17(24)22-18-16(19(25)26-5)14-8-7-13(20(2,3)4)9-15(14)27-18/h10-11,13H,6-9H2,1-5H3,(H,22,24)/t13-/m1/s1. The molecule has 1 aliphatic carbocycles. The van der Waals surface area contributed by atoms with E-state index in [0.717, 1.165) is 24.8 Å². The van der Waals surface area contributed by atoms with Gasteiger partial charge < -0.3 is 10.1 Å². The van der Waals surface area contributed by atoms with Gasteiger partial charge in [-0.1, -0.05) is 20.8 Å². The normalized spacial score (nSPS) is 16.7. The zero-order valence-corrected chi connectivity index (χ0v) is 17.4. The number of rotatable bonds is 4. The fourth-order valence-corrected chi connectivity index (χ4v) is 4.87. The maximum Gasteiger partial charge on any atom is 0.341 e. The molecule has 0 aromatic carbocycles. The number of aromatic nitrogens is 2. The van der Waals surface area contributed by atoms with E-state index in [4.69, 9.17) is 4.74 Å². The summed E-state index contributed by atoms with van der Waals surface area (Å²) in [4.78, 5) is 26.2. The quantitative estimate of drug-likeness (QED) is 0.797. The van der Waals surface area contributed by atoms with E-state index in [9.17, 15) is 9.59 Å². The fraction of sp³-hybridized carbons (Fsp3) is 0.550. The topological polar surface area (TPSA) is 73.2 Å². The number of carbonyl (C=O) groups excluding carboxylic acids is 2. The second kappa shape index (κ2) is 7.46. The Morgan fingerprint density at radius 2 is 2.15 bits per heavy atom. The van der Waals surface area contributed by atoms with Crippen molar-refractivity contribution in [3.63, 3.8) is 0 Å². The van der Waals surface area contributed by atoms with Crippen molar-refractivity contribution in [3.8, 4) is 0 Å². The summed E-state index contributed by atoms with van der Waals surface area (Å²) < 4.78 is 6.70. The fourth-order valence-electron chi connectivity index (χ4n) is 3.56. The highest BCUT2D eigenvalue weighted by molar-refractivity contribution is 7.17. The molecule has 0 saturated heterocycles. The highest BCUT2D eigenvalue weighted by Crippen LogP contribution is 2.44. The van der Waals surface area contributed by atoms with Crippen LogP contribution in [0.4, 0.5) is 5.00 Å². The predicted molar refractivity (Wildman–Crippen MR) is 106 cm³/mol. The molecule has 27 heavy (non-hydrogen) atoms. The van der Waals surface area contributed by atoms with E-state index in [2.05, 4.69) is 31.2 Å². The zero-order chi connectivity index (χ0) is 19.8. The lowest BCUT2D eigenvalue weighted by Gasteiger charge is -2.33. The Morgan fingerprint density at radius 3 is 2.74 bits per heavy atom. The molecule has 6 nitrogen and oxygen atoms in total. The number of nitrogens with zero attached hydrogens (tertiary/aromatic N) is 2. The molecule has 146 valence electrons. The zero-order valence-electron chi connectivity index (χ0n) is 16.6. The number of anilines is 1. The van der Waals surface area contributed by atoms with Crippen LogP contribution in [0.3, 0.4) is 0 Å². The predicted octanol–water partition coefficient (Wildman–Crippen LogP) is 4.15. The SMILES string of the molecule is CCn1cc(C(=O)Nc2sc3c(c2C(=O)OC)CC[C@@H](C(C)(C)C)C3)cn1. The Bertz CT molecular complexity index is 860. The van der Waals surface area contributed by atoms with Crippen molar-refractivity contribution in [1.82, 2.24) is 9.78 Å². The summed E-state index contributed by atoms with van der Waals surface area (Å²) in [5, 5.41) is 7.64. The number of hydrogen-bond donors (Lipinski definition) is 1. The van der Waals surface area contributed by atoms with Crippen molar-refractivity contribution in [1.29, 1.82) is 0 Å². The van der Waals surface area contributed by atoms with E-state index in [-0.39, 0.29) is 17.3 Å². The molecule has 2 aromatic heterocycles. The van der Waals surface area contributed by atoms with Gasteiger partial charge in [0.2, 0.25) is 0 Å². The molecular weight excluding hydrogens is 362 g/mol. The first-order valence-corrected chi connectivity index (χ1v) is 10.1. The average Bonchev–Trinajstić information content (AvgIpc) is 3.23. The molecule has 1 N–H and O–H groups in total. The largest absolute Gasteiger partial charge is 0.465 e. The van der Waals surface area contributed by atoms with Crippen molar-refractivity contribution < 1.29 is 14.3 Å². The lowest BCUT2D eigenvalue weighted by molar-refractivity contribution is 0.0600. The number of nitrogens with one attached hydrogen (secondary N) is 1. The lowest BCUT2D eigenvalue weighted by atomic mass is 9.72. The Hall–Kier alpha value is -2.15. The van der Waals surface area contributed by atoms with Gasteiger partial charge in [0.15, 0.2) is 0 Å². The average molecular weight is 390 g/mol. The van der Waals surface area contributed by atoms with Crippen molar-refractivity contribution >= 4 is 28.2 Å². The van der Waals surface area contributed by atoms with Crippen molar-refractivity contribution in [3.05, 3.63) is 34.0 Å². The van der Waals surface area contributed by atoms with Gasteiger partial charge in [0.05, 0.1) is 24.4 Å². The number of methoxy groups -OCH3 is 1. The van der Waals surface area contributed by atoms with Crippen molar-refractivity contribution in [2.45, 2.75) is 53.5 Å². The molecule has 2 heterocycles. The van der Waals surface area contributed by atoms with Crippen LogP contribution in [0.2, 0.25) is 0 Å². The summed E-state index contributed by atoms with van der Waals surface area (Å²) in [6.45, 7) is 9.42. The smallest absolute Gasteiger partial charge is 0.341 e. The van der Waals surface area contributed by atoms with Gasteiger partial charge in [-0.2, -0.15) is 5.10 Å². The molecule has 0 bridgehead atoms. The third kappa shape index (κ3) is 3.93. The summed E-state index contributed by atoms with van der Waals surface area (Å²) >= 11 is 1.50. The van der Waals surface area contributed by atoms with E-state index < -0.39 is 0 Å². The number of aryl methyl sites for hydroxylation is 1. The minimum absolute atomic E-state index is 0.214. The third-order valence-corrected chi connectivity index (χ3v) is 6.50. The van der Waals surface area contributed by atoms with E-state index in [1.165, 1.54) is 23.3 Å². The van der Waals surface area contributed by atoms with Crippen LogP contribution < -0.4 is 5.32 Å². The van der Waals surface area contributed by atoms with E-state index in [1.54, 1.807) is 17.1 Å². The first kappa shape index (κ1) is 19.6. The second-order valence-corrected chi connectivity index (χ2v) is 9.15. The Morgan fingerprint density at radius 1 is 1.41 bits per heavy atom. The number of esters is 1. The molecule has 7 heteroatoms. The summed E-state index contributed by atoms with van der Waals surface area (Å²) in [6, 6.07) is 0. The minimum Gasteiger partial charge on any atom is -0.465 e. The second-order valence-electron chi connectivity index (χ2n) is 8.04. The molecule has 0 aliphatic heterocycles. The van der Waals surface area contributed by atoms with Crippen molar-refractivity contribution in [2.24, 2.45) is 11.3 Å². The molecule has 1 amide bonds. The van der Waals surface area contributed by atoms with Crippen LogP contribution in [0, 0.1) is 11.3 Å². The van der Waals surface area contributed by atoms with Crippen LogP contribution in [0.15, 0.2) is 12.4 Å². The molecule has 3 rings (SSSR count). The van der Waals surface area contributed by atoms with Crippen LogP contribution in [0.1, 0.15) is 65.3 Å². The molecule has 2 aromatic rings. The van der Waals surface area contributed by atoms with Gasteiger partial charge in [0.1, 0.15) is 5.00 Å². The van der Waals surface area contributed by atoms with Crippen LogP contribution in [0.25, 0.3) is 0 Å². The van der Waals surface area contributed by atoms with E-state index >= 15 is 0 Å². The number of carbonyl (C=O) groups is 2. The number of thiophene rings is 1. The van der Waals surface area contributed by atoms with Gasteiger partial charge in [-0.3, -0.25) is 9.48 Å². The highest BCUT2D eigenvalue weighted by atomic mass is 32.1. The van der Waals surface area contributed by atoms with Gasteiger partial charge in [-0.25, -0.2) is 4.79 Å². The van der Waals surface area contributed by atoms with Gasteiger partial charge in [0.25, 0.3) is 5.91 Å². The number of amides is 1. The molecule has 0 fully saturated rings. The molecule has 0 saturated carbocycles. The molecule has 0 radical (unpaired) electrons.